The van der Waals surface area contributed by atoms with Crippen molar-refractivity contribution in [2.75, 3.05) is 20.1 Å². The van der Waals surface area contributed by atoms with Gasteiger partial charge in [-0.3, -0.25) is 9.69 Å². The van der Waals surface area contributed by atoms with Gasteiger partial charge in [0.2, 0.25) is 5.91 Å². The Morgan fingerprint density at radius 3 is 2.44 bits per heavy atom. The van der Waals surface area contributed by atoms with Crippen LogP contribution in [0, 0.1) is 0 Å². The highest BCUT2D eigenvalue weighted by atomic mass is 19.4. The third kappa shape index (κ3) is 6.24. The van der Waals surface area contributed by atoms with Gasteiger partial charge in [0.25, 0.3) is 0 Å². The summed E-state index contributed by atoms with van der Waals surface area (Å²) >= 11 is 0. The molecule has 0 atom stereocenters. The zero-order valence-corrected chi connectivity index (χ0v) is 10.00. The van der Waals surface area contributed by atoms with Crippen LogP contribution in [0.25, 0.3) is 0 Å². The van der Waals surface area contributed by atoms with E-state index >= 15 is 0 Å². The van der Waals surface area contributed by atoms with Crippen molar-refractivity contribution in [2.45, 2.75) is 12.7 Å². The Hall–Kier alpha value is -1.56. The second-order valence-electron chi connectivity index (χ2n) is 4.05. The highest BCUT2D eigenvalue weighted by Gasteiger charge is 2.27. The SMILES string of the molecule is CN(CC(=O)NCC(F)(F)F)Cc1ccccc1. The molecule has 1 amide bonds. The quantitative estimate of drug-likeness (QED) is 0.875. The molecule has 0 saturated heterocycles. The van der Waals surface area contributed by atoms with Gasteiger partial charge < -0.3 is 5.32 Å². The van der Waals surface area contributed by atoms with Gasteiger partial charge >= 0.3 is 6.18 Å². The van der Waals surface area contributed by atoms with Crippen molar-refractivity contribution in [3.8, 4) is 0 Å². The number of likely N-dealkylation sites (N-methyl/N-ethyl adjacent to an activating group) is 1. The van der Waals surface area contributed by atoms with Gasteiger partial charge in [-0.15, -0.1) is 0 Å². The van der Waals surface area contributed by atoms with Gasteiger partial charge in [0.15, 0.2) is 0 Å². The van der Waals surface area contributed by atoms with Gasteiger partial charge in [-0.05, 0) is 12.6 Å². The van der Waals surface area contributed by atoms with Crippen LogP contribution in [0.5, 0.6) is 0 Å². The van der Waals surface area contributed by atoms with Crippen LogP contribution in [0.2, 0.25) is 0 Å². The topological polar surface area (TPSA) is 32.3 Å². The lowest BCUT2D eigenvalue weighted by molar-refractivity contribution is -0.138. The number of nitrogens with zero attached hydrogens (tertiary/aromatic N) is 1. The maximum atomic E-state index is 11.9. The highest BCUT2D eigenvalue weighted by Crippen LogP contribution is 2.12. The smallest absolute Gasteiger partial charge is 0.346 e. The van der Waals surface area contributed by atoms with Crippen LogP contribution in [-0.2, 0) is 11.3 Å². The Morgan fingerprint density at radius 1 is 1.28 bits per heavy atom. The number of halogens is 3. The number of nitrogens with one attached hydrogen (secondary N) is 1. The van der Waals surface area contributed by atoms with Crippen molar-refractivity contribution in [1.29, 1.82) is 0 Å². The average molecular weight is 260 g/mol. The zero-order chi connectivity index (χ0) is 13.6. The van der Waals surface area contributed by atoms with Gasteiger partial charge in [-0.1, -0.05) is 30.3 Å². The second kappa shape index (κ2) is 6.39. The van der Waals surface area contributed by atoms with Gasteiger partial charge in [-0.2, -0.15) is 13.2 Å². The number of carbonyl (C=O) groups excluding carboxylic acids is 1. The number of amides is 1. The van der Waals surface area contributed by atoms with Crippen LogP contribution >= 0.6 is 0 Å². The molecule has 0 radical (unpaired) electrons. The van der Waals surface area contributed by atoms with E-state index in [0.29, 0.717) is 6.54 Å². The Morgan fingerprint density at radius 2 is 1.89 bits per heavy atom. The van der Waals surface area contributed by atoms with Crippen LogP contribution in [0.15, 0.2) is 30.3 Å². The third-order valence-corrected chi connectivity index (χ3v) is 2.19. The Labute approximate surface area is 104 Å². The van der Waals surface area contributed by atoms with E-state index in [1.165, 1.54) is 0 Å². The standard InChI is InChI=1S/C12H15F3N2O/c1-17(7-10-5-3-2-4-6-10)8-11(18)16-9-12(13,14)15/h2-6H,7-9H2,1H3,(H,16,18). The van der Waals surface area contributed by atoms with Crippen molar-refractivity contribution in [1.82, 2.24) is 10.2 Å². The van der Waals surface area contributed by atoms with Crippen LogP contribution in [0.1, 0.15) is 5.56 Å². The van der Waals surface area contributed by atoms with Crippen molar-refractivity contribution in [3.63, 3.8) is 0 Å². The molecule has 0 aromatic heterocycles. The number of hydrogen-bond donors (Lipinski definition) is 1. The minimum absolute atomic E-state index is 0.0645. The Balaban J connectivity index is 2.32. The molecule has 0 unspecified atom stereocenters. The summed E-state index contributed by atoms with van der Waals surface area (Å²) in [6.45, 7) is -0.837. The number of hydrogen-bond acceptors (Lipinski definition) is 2. The number of benzene rings is 1. The molecule has 18 heavy (non-hydrogen) atoms. The molecule has 0 fully saturated rings. The van der Waals surface area contributed by atoms with E-state index in [2.05, 4.69) is 0 Å². The predicted octanol–water partition coefficient (Wildman–Crippen LogP) is 1.80. The summed E-state index contributed by atoms with van der Waals surface area (Å²) in [4.78, 5) is 12.9. The lowest BCUT2D eigenvalue weighted by Crippen LogP contribution is -2.39. The van der Waals surface area contributed by atoms with Gasteiger partial charge in [0.05, 0.1) is 6.54 Å². The van der Waals surface area contributed by atoms with Crippen molar-refractivity contribution >= 4 is 5.91 Å². The summed E-state index contributed by atoms with van der Waals surface area (Å²) in [7, 11) is 1.68. The molecule has 1 N–H and O–H groups in total. The maximum absolute atomic E-state index is 11.9. The lowest BCUT2D eigenvalue weighted by atomic mass is 10.2. The molecule has 0 bridgehead atoms. The van der Waals surface area contributed by atoms with E-state index < -0.39 is 18.6 Å². The fraction of sp³-hybridized carbons (Fsp3) is 0.417. The van der Waals surface area contributed by atoms with Crippen molar-refractivity contribution in [2.24, 2.45) is 0 Å². The first-order valence-corrected chi connectivity index (χ1v) is 5.43. The van der Waals surface area contributed by atoms with Crippen LogP contribution in [0.4, 0.5) is 13.2 Å². The molecular weight excluding hydrogens is 245 g/mol. The third-order valence-electron chi connectivity index (χ3n) is 2.19. The molecule has 1 aromatic rings. The lowest BCUT2D eigenvalue weighted by Gasteiger charge is -2.16. The molecule has 0 aliphatic carbocycles. The zero-order valence-electron chi connectivity index (χ0n) is 10.00. The van der Waals surface area contributed by atoms with E-state index in [9.17, 15) is 18.0 Å². The number of rotatable bonds is 5. The van der Waals surface area contributed by atoms with Crippen molar-refractivity contribution < 1.29 is 18.0 Å². The van der Waals surface area contributed by atoms with Gasteiger partial charge in [0, 0.05) is 6.54 Å². The molecule has 6 heteroatoms. The summed E-state index contributed by atoms with van der Waals surface area (Å²) in [5.74, 6) is -0.634. The summed E-state index contributed by atoms with van der Waals surface area (Å²) in [6, 6.07) is 9.40. The monoisotopic (exact) mass is 260 g/mol. The molecule has 0 aliphatic rings. The molecule has 0 spiro atoms. The van der Waals surface area contributed by atoms with Crippen molar-refractivity contribution in [3.05, 3.63) is 35.9 Å². The molecule has 0 heterocycles. The van der Waals surface area contributed by atoms with Gasteiger partial charge in [-0.25, -0.2) is 0 Å². The molecule has 0 saturated carbocycles. The highest BCUT2D eigenvalue weighted by molar-refractivity contribution is 5.78. The minimum atomic E-state index is -4.37. The van der Waals surface area contributed by atoms with Crippen LogP contribution in [-0.4, -0.2) is 37.1 Å². The van der Waals surface area contributed by atoms with E-state index in [4.69, 9.17) is 0 Å². The largest absolute Gasteiger partial charge is 0.405 e. The summed E-state index contributed by atoms with van der Waals surface area (Å²) in [5, 5.41) is 1.83. The predicted molar refractivity (Wildman–Crippen MR) is 61.8 cm³/mol. The van der Waals surface area contributed by atoms with Crippen LogP contribution in [0.3, 0.4) is 0 Å². The number of alkyl halides is 3. The van der Waals surface area contributed by atoms with E-state index in [1.807, 2.05) is 35.6 Å². The summed E-state index contributed by atoms with van der Waals surface area (Å²) < 4.78 is 35.6. The Kier molecular flexibility index (Phi) is 5.15. The molecule has 3 nitrogen and oxygen atoms in total. The minimum Gasteiger partial charge on any atom is -0.346 e. The van der Waals surface area contributed by atoms with Crippen LogP contribution < -0.4 is 5.32 Å². The fourth-order valence-corrected chi connectivity index (χ4v) is 1.45. The first kappa shape index (κ1) is 14.5. The molecule has 0 aliphatic heterocycles. The summed E-state index contributed by atoms with van der Waals surface area (Å²) in [6.07, 6.45) is -4.37. The Bertz CT molecular complexity index is 379. The van der Waals surface area contributed by atoms with Gasteiger partial charge in [0.1, 0.15) is 6.54 Å². The first-order chi connectivity index (χ1) is 8.37. The second-order valence-corrected chi connectivity index (χ2v) is 4.05. The van der Waals surface area contributed by atoms with E-state index in [0.717, 1.165) is 5.56 Å². The summed E-state index contributed by atoms with van der Waals surface area (Å²) in [5.41, 5.74) is 1.00. The fourth-order valence-electron chi connectivity index (χ4n) is 1.45. The normalized spacial score (nSPS) is 11.6. The molecular formula is C12H15F3N2O. The van der Waals surface area contributed by atoms with E-state index in [1.54, 1.807) is 11.9 Å². The first-order valence-electron chi connectivity index (χ1n) is 5.43. The maximum Gasteiger partial charge on any atom is 0.405 e. The molecule has 100 valence electrons. The van der Waals surface area contributed by atoms with E-state index in [-0.39, 0.29) is 6.54 Å². The number of carbonyl (C=O) groups is 1. The molecule has 1 rings (SSSR count). The molecule has 1 aromatic carbocycles. The average Bonchev–Trinajstić information content (AvgIpc) is 2.26.